The second kappa shape index (κ2) is 10.4. The molecule has 172 valence electrons. The Morgan fingerprint density at radius 1 is 0.818 bits per heavy atom. The summed E-state index contributed by atoms with van der Waals surface area (Å²) in [6.07, 6.45) is 9.84. The summed E-state index contributed by atoms with van der Waals surface area (Å²) in [6, 6.07) is 16.0. The first-order valence-corrected chi connectivity index (χ1v) is 12.0. The van der Waals surface area contributed by atoms with E-state index < -0.39 is 11.6 Å². The fourth-order valence-corrected chi connectivity index (χ4v) is 5.01. The molecule has 4 rings (SSSR count). The Hall–Kier alpha value is -2.81. The molecule has 0 saturated heterocycles. The summed E-state index contributed by atoms with van der Waals surface area (Å²) in [5.41, 5.74) is 3.79. The maximum absolute atomic E-state index is 14.9. The summed E-state index contributed by atoms with van der Waals surface area (Å²) in [5.74, 6) is -0.899. The van der Waals surface area contributed by atoms with Crippen molar-refractivity contribution in [3.05, 3.63) is 94.3 Å². The van der Waals surface area contributed by atoms with E-state index in [1.54, 1.807) is 30.4 Å². The zero-order chi connectivity index (χ0) is 23.4. The van der Waals surface area contributed by atoms with Crippen molar-refractivity contribution >= 4 is 12.2 Å². The zero-order valence-corrected chi connectivity index (χ0v) is 19.4. The van der Waals surface area contributed by atoms with E-state index in [1.807, 2.05) is 37.3 Å². The number of benzene rings is 3. The van der Waals surface area contributed by atoms with Gasteiger partial charge in [0.25, 0.3) is 0 Å². The maximum Gasteiger partial charge on any atom is 0.166 e. The van der Waals surface area contributed by atoms with Gasteiger partial charge in [-0.05, 0) is 72.8 Å². The summed E-state index contributed by atoms with van der Waals surface area (Å²) < 4.78 is 43.9. The van der Waals surface area contributed by atoms with E-state index in [1.165, 1.54) is 18.9 Å². The molecular formula is C30H31F3. The van der Waals surface area contributed by atoms with Crippen LogP contribution in [-0.4, -0.2) is 0 Å². The molecule has 0 radical (unpaired) electrons. The highest BCUT2D eigenvalue weighted by Gasteiger charge is 2.25. The quantitative estimate of drug-likeness (QED) is 0.330. The van der Waals surface area contributed by atoms with Crippen LogP contribution in [-0.2, 0) is 0 Å². The van der Waals surface area contributed by atoms with Gasteiger partial charge >= 0.3 is 0 Å². The lowest BCUT2D eigenvalue weighted by molar-refractivity contribution is 0.303. The van der Waals surface area contributed by atoms with E-state index >= 15 is 0 Å². The van der Waals surface area contributed by atoms with Crippen LogP contribution in [0.2, 0.25) is 0 Å². The van der Waals surface area contributed by atoms with E-state index in [-0.39, 0.29) is 17.3 Å². The summed E-state index contributed by atoms with van der Waals surface area (Å²) in [4.78, 5) is 0. The highest BCUT2D eigenvalue weighted by molar-refractivity contribution is 5.72. The van der Waals surface area contributed by atoms with Gasteiger partial charge in [0.05, 0.1) is 0 Å². The van der Waals surface area contributed by atoms with Gasteiger partial charge in [-0.1, -0.05) is 80.4 Å². The second-order valence-electron chi connectivity index (χ2n) is 9.32. The average Bonchev–Trinajstić information content (AvgIpc) is 2.81. The molecule has 0 aliphatic heterocycles. The molecular weight excluding hydrogens is 417 g/mol. The third-order valence-corrected chi connectivity index (χ3v) is 6.93. The van der Waals surface area contributed by atoms with Crippen LogP contribution in [0.25, 0.3) is 23.3 Å². The molecule has 1 aliphatic rings. The number of hydrogen-bond acceptors (Lipinski definition) is 0. The van der Waals surface area contributed by atoms with Crippen LogP contribution in [0.1, 0.15) is 73.6 Å². The van der Waals surface area contributed by atoms with Gasteiger partial charge in [-0.15, -0.1) is 0 Å². The van der Waals surface area contributed by atoms with E-state index in [9.17, 15) is 13.2 Å². The third kappa shape index (κ3) is 5.40. The Balaban J connectivity index is 1.47. The maximum atomic E-state index is 14.9. The Morgan fingerprint density at radius 2 is 1.55 bits per heavy atom. The molecule has 0 bridgehead atoms. The van der Waals surface area contributed by atoms with Gasteiger partial charge in [-0.3, -0.25) is 0 Å². The van der Waals surface area contributed by atoms with Crippen molar-refractivity contribution in [3.63, 3.8) is 0 Å². The second-order valence-corrected chi connectivity index (χ2v) is 9.32. The molecule has 1 aliphatic carbocycles. The van der Waals surface area contributed by atoms with Gasteiger partial charge in [-0.2, -0.15) is 0 Å². The number of halogens is 3. The van der Waals surface area contributed by atoms with Crippen molar-refractivity contribution in [1.82, 2.24) is 0 Å². The van der Waals surface area contributed by atoms with Gasteiger partial charge in [0.15, 0.2) is 11.6 Å². The Labute approximate surface area is 195 Å². The van der Waals surface area contributed by atoms with Crippen molar-refractivity contribution < 1.29 is 13.2 Å². The first-order chi connectivity index (χ1) is 16.0. The van der Waals surface area contributed by atoms with Gasteiger partial charge < -0.3 is 0 Å². The fraction of sp³-hybridized carbons (Fsp3) is 0.333. The minimum Gasteiger partial charge on any atom is -0.206 e. The molecule has 33 heavy (non-hydrogen) atoms. The zero-order valence-electron chi connectivity index (χ0n) is 19.4. The van der Waals surface area contributed by atoms with Crippen LogP contribution < -0.4 is 0 Å². The van der Waals surface area contributed by atoms with E-state index in [4.69, 9.17) is 0 Å². The monoisotopic (exact) mass is 448 g/mol. The van der Waals surface area contributed by atoms with Crippen molar-refractivity contribution in [2.24, 2.45) is 5.92 Å². The van der Waals surface area contributed by atoms with Crippen LogP contribution in [0.4, 0.5) is 13.2 Å². The molecule has 1 saturated carbocycles. The lowest BCUT2D eigenvalue weighted by Crippen LogP contribution is -2.15. The predicted octanol–water partition coefficient (Wildman–Crippen LogP) is 9.32. The van der Waals surface area contributed by atoms with Crippen LogP contribution in [0.5, 0.6) is 0 Å². The molecule has 0 N–H and O–H groups in total. The first-order valence-electron chi connectivity index (χ1n) is 12.0. The van der Waals surface area contributed by atoms with E-state index in [2.05, 4.69) is 6.92 Å². The largest absolute Gasteiger partial charge is 0.206 e. The van der Waals surface area contributed by atoms with Gasteiger partial charge in [-0.25, -0.2) is 13.2 Å². The molecule has 1 fully saturated rings. The molecule has 0 spiro atoms. The third-order valence-electron chi connectivity index (χ3n) is 6.93. The molecule has 0 atom stereocenters. The minimum atomic E-state index is -0.780. The molecule has 0 nitrogen and oxygen atoms in total. The minimum absolute atomic E-state index is 0.111. The topological polar surface area (TPSA) is 0 Å². The van der Waals surface area contributed by atoms with Gasteiger partial charge in [0, 0.05) is 11.1 Å². The highest BCUT2D eigenvalue weighted by atomic mass is 19.2. The standard InChI is InChI=1S/C30H31F3/c1-3-4-21-6-13-24(14-7-21)27-18-16-25(29(32)30(27)33)15-10-22-8-11-23(12-9-22)26-17-5-20(2)19-28(26)31/h5,8-12,15-19,21,24H,3-4,6-7,13-14H2,1-2H3/b15-10+. The Kier molecular flexibility index (Phi) is 7.37. The molecule has 3 heteroatoms. The van der Waals surface area contributed by atoms with Crippen LogP contribution in [0, 0.1) is 30.3 Å². The van der Waals surface area contributed by atoms with Crippen LogP contribution in [0.15, 0.2) is 54.6 Å². The van der Waals surface area contributed by atoms with Gasteiger partial charge in [0.2, 0.25) is 0 Å². The Morgan fingerprint density at radius 3 is 2.21 bits per heavy atom. The molecule has 3 aromatic rings. The lowest BCUT2D eigenvalue weighted by atomic mass is 9.77. The molecule has 0 heterocycles. The molecule has 0 aromatic heterocycles. The number of hydrogen-bond donors (Lipinski definition) is 0. The van der Waals surface area contributed by atoms with Crippen LogP contribution in [0.3, 0.4) is 0 Å². The average molecular weight is 449 g/mol. The molecule has 3 aromatic carbocycles. The lowest BCUT2D eigenvalue weighted by Gasteiger charge is -2.29. The summed E-state index contributed by atoms with van der Waals surface area (Å²) >= 11 is 0. The number of aryl methyl sites for hydroxylation is 1. The van der Waals surface area contributed by atoms with Crippen molar-refractivity contribution in [2.75, 3.05) is 0 Å². The highest BCUT2D eigenvalue weighted by Crippen LogP contribution is 2.39. The van der Waals surface area contributed by atoms with Crippen LogP contribution >= 0.6 is 0 Å². The van der Waals surface area contributed by atoms with E-state index in [0.29, 0.717) is 11.1 Å². The normalized spacial score (nSPS) is 18.7. The molecule has 0 unspecified atom stereocenters. The summed E-state index contributed by atoms with van der Waals surface area (Å²) in [5, 5.41) is 0. The first kappa shape index (κ1) is 23.4. The summed E-state index contributed by atoms with van der Waals surface area (Å²) in [6.45, 7) is 4.05. The van der Waals surface area contributed by atoms with E-state index in [0.717, 1.165) is 48.3 Å². The van der Waals surface area contributed by atoms with Crippen molar-refractivity contribution in [1.29, 1.82) is 0 Å². The molecule has 0 amide bonds. The fourth-order valence-electron chi connectivity index (χ4n) is 5.01. The van der Waals surface area contributed by atoms with Crippen molar-refractivity contribution in [3.8, 4) is 11.1 Å². The predicted molar refractivity (Wildman–Crippen MR) is 131 cm³/mol. The summed E-state index contributed by atoms with van der Waals surface area (Å²) in [7, 11) is 0. The Bertz CT molecular complexity index is 1120. The van der Waals surface area contributed by atoms with Gasteiger partial charge in [0.1, 0.15) is 5.82 Å². The SMILES string of the molecule is CCCC1CCC(c2ccc(/C=C/c3ccc(-c4ccc(C)cc4F)cc3)c(F)c2F)CC1. The smallest absolute Gasteiger partial charge is 0.166 e. The number of rotatable bonds is 6. The van der Waals surface area contributed by atoms with Crippen molar-refractivity contribution in [2.45, 2.75) is 58.3 Å².